The topological polar surface area (TPSA) is 144 Å². The van der Waals surface area contributed by atoms with Crippen LogP contribution in [-0.4, -0.2) is 52.8 Å². The highest BCUT2D eigenvalue weighted by atomic mass is 16.6. The Hall–Kier alpha value is -5.13. The summed E-state index contributed by atoms with van der Waals surface area (Å²) in [6.45, 7) is 4.90. The van der Waals surface area contributed by atoms with Gasteiger partial charge in [0.2, 0.25) is 0 Å². The molecule has 0 aliphatic carbocycles. The lowest BCUT2D eigenvalue weighted by Gasteiger charge is -2.30. The number of fused-ring (bicyclic) bond motifs is 1. The molecule has 0 bridgehead atoms. The first-order valence-electron chi connectivity index (χ1n) is 15.3. The number of nitrogens with zero attached hydrogens (tertiary/aromatic N) is 3. The van der Waals surface area contributed by atoms with E-state index in [1.165, 1.54) is 25.3 Å². The molecule has 2 aliphatic rings. The summed E-state index contributed by atoms with van der Waals surface area (Å²) < 4.78 is 24.8. The van der Waals surface area contributed by atoms with E-state index in [1.807, 2.05) is 30.5 Å². The van der Waals surface area contributed by atoms with Gasteiger partial charge in [-0.2, -0.15) is 0 Å². The number of carbonyl (C=O) groups is 2. The maximum Gasteiger partial charge on any atom is 0.336 e. The standard InChI is InChI=1S/C34H38N4O8/c1-22-30(33(39)43-3)32(24-11-10-12-25(19-24)38(41)42)31(23(2)36-22)34(40)44-18-9-5-4-8-16-37-17-15-35-29(37)20-26-21-45-27-13-6-7-14-28(27)46-26/h6-7,10-15,17,19,26,32,36H,4-5,8-9,16,18,20-21H2,1-3H3. The van der Waals surface area contributed by atoms with Gasteiger partial charge in [0.05, 0.1) is 35.7 Å². The Balaban J connectivity index is 1.12. The summed E-state index contributed by atoms with van der Waals surface area (Å²) in [4.78, 5) is 41.7. The number of benzene rings is 2. The van der Waals surface area contributed by atoms with E-state index in [2.05, 4.69) is 14.9 Å². The average molecular weight is 631 g/mol. The molecule has 0 saturated carbocycles. The number of rotatable bonds is 13. The van der Waals surface area contributed by atoms with E-state index >= 15 is 0 Å². The molecular weight excluding hydrogens is 592 g/mol. The molecule has 242 valence electrons. The van der Waals surface area contributed by atoms with Gasteiger partial charge in [0, 0.05) is 48.9 Å². The molecule has 0 saturated heterocycles. The third-order valence-electron chi connectivity index (χ3n) is 8.11. The van der Waals surface area contributed by atoms with Gasteiger partial charge in [-0.25, -0.2) is 14.6 Å². The summed E-state index contributed by atoms with van der Waals surface area (Å²) in [5.74, 6) is 0.348. The first kappa shape index (κ1) is 32.3. The summed E-state index contributed by atoms with van der Waals surface area (Å²) in [5, 5.41) is 14.6. The van der Waals surface area contributed by atoms with Crippen LogP contribution in [0.5, 0.6) is 11.5 Å². The number of ether oxygens (including phenoxy) is 4. The summed E-state index contributed by atoms with van der Waals surface area (Å²) >= 11 is 0. The fourth-order valence-electron chi connectivity index (χ4n) is 5.88. The molecule has 2 atom stereocenters. The van der Waals surface area contributed by atoms with Gasteiger partial charge < -0.3 is 28.8 Å². The normalized spacial score (nSPS) is 17.4. The quantitative estimate of drug-likeness (QED) is 0.113. The van der Waals surface area contributed by atoms with E-state index in [0.29, 0.717) is 36.4 Å². The predicted octanol–water partition coefficient (Wildman–Crippen LogP) is 5.39. The second kappa shape index (κ2) is 14.8. The van der Waals surface area contributed by atoms with Crippen molar-refractivity contribution in [2.75, 3.05) is 20.3 Å². The molecule has 46 heavy (non-hydrogen) atoms. The van der Waals surface area contributed by atoms with Crippen molar-refractivity contribution in [3.63, 3.8) is 0 Å². The van der Waals surface area contributed by atoms with Gasteiger partial charge in [-0.3, -0.25) is 10.1 Å². The van der Waals surface area contributed by atoms with Gasteiger partial charge in [0.1, 0.15) is 18.5 Å². The molecule has 2 aromatic carbocycles. The molecule has 1 N–H and O–H groups in total. The Kier molecular flexibility index (Phi) is 10.4. The first-order valence-corrected chi connectivity index (χ1v) is 15.3. The Bertz CT molecular complexity index is 1660. The smallest absolute Gasteiger partial charge is 0.336 e. The monoisotopic (exact) mass is 630 g/mol. The molecule has 12 nitrogen and oxygen atoms in total. The minimum Gasteiger partial charge on any atom is -0.486 e. The summed E-state index contributed by atoms with van der Waals surface area (Å²) in [6.07, 6.45) is 7.68. The lowest BCUT2D eigenvalue weighted by molar-refractivity contribution is -0.384. The van der Waals surface area contributed by atoms with Gasteiger partial charge in [0.15, 0.2) is 11.5 Å². The highest BCUT2D eigenvalue weighted by molar-refractivity contribution is 5.99. The van der Waals surface area contributed by atoms with Crippen molar-refractivity contribution in [2.24, 2.45) is 0 Å². The second-order valence-electron chi connectivity index (χ2n) is 11.3. The number of aryl methyl sites for hydroxylation is 1. The first-order chi connectivity index (χ1) is 22.3. The number of imidazole rings is 1. The third-order valence-corrected chi connectivity index (χ3v) is 8.11. The van der Waals surface area contributed by atoms with Gasteiger partial charge in [-0.15, -0.1) is 0 Å². The molecule has 3 aromatic rings. The number of carbonyl (C=O) groups excluding carboxylic acids is 2. The largest absolute Gasteiger partial charge is 0.486 e. The zero-order valence-electron chi connectivity index (χ0n) is 26.2. The van der Waals surface area contributed by atoms with Crippen LogP contribution in [0.25, 0.3) is 0 Å². The lowest BCUT2D eigenvalue weighted by atomic mass is 9.80. The summed E-state index contributed by atoms with van der Waals surface area (Å²) in [7, 11) is 1.25. The Morgan fingerprint density at radius 3 is 2.52 bits per heavy atom. The van der Waals surface area contributed by atoms with Crippen molar-refractivity contribution < 1.29 is 33.5 Å². The molecule has 2 aliphatic heterocycles. The molecule has 1 aromatic heterocycles. The van der Waals surface area contributed by atoms with Gasteiger partial charge in [-0.05, 0) is 50.8 Å². The van der Waals surface area contributed by atoms with Crippen molar-refractivity contribution in [3.05, 3.63) is 105 Å². The van der Waals surface area contributed by atoms with Crippen molar-refractivity contribution >= 4 is 17.6 Å². The predicted molar refractivity (Wildman–Crippen MR) is 168 cm³/mol. The molecule has 2 unspecified atom stereocenters. The maximum atomic E-state index is 13.4. The van der Waals surface area contributed by atoms with Crippen LogP contribution >= 0.6 is 0 Å². The molecule has 0 spiro atoms. The third kappa shape index (κ3) is 7.39. The summed E-state index contributed by atoms with van der Waals surface area (Å²) in [6, 6.07) is 13.6. The fourth-order valence-corrected chi connectivity index (χ4v) is 5.88. The number of aromatic nitrogens is 2. The highest BCUT2D eigenvalue weighted by Gasteiger charge is 2.38. The number of non-ortho nitro benzene ring substituents is 1. The van der Waals surface area contributed by atoms with E-state index in [4.69, 9.17) is 18.9 Å². The molecular formula is C34H38N4O8. The molecule has 3 heterocycles. The molecule has 0 amide bonds. The van der Waals surface area contributed by atoms with Gasteiger partial charge in [0.25, 0.3) is 5.69 Å². The number of hydrogen-bond donors (Lipinski definition) is 1. The molecule has 0 radical (unpaired) electrons. The SMILES string of the molecule is COC(=O)C1=C(C)NC(C)=C(C(=O)OCCCCCCn2ccnc2CC2COc3ccccc3O2)C1c1cccc([N+](=O)[O-])c1. The number of hydrogen-bond acceptors (Lipinski definition) is 10. The van der Waals surface area contributed by atoms with E-state index in [9.17, 15) is 19.7 Å². The van der Waals surface area contributed by atoms with Crippen LogP contribution in [0.1, 0.15) is 56.8 Å². The van der Waals surface area contributed by atoms with Crippen LogP contribution in [0.3, 0.4) is 0 Å². The number of dihydropyridines is 1. The van der Waals surface area contributed by atoms with E-state index in [-0.39, 0.29) is 29.5 Å². The number of para-hydroxylation sites is 2. The van der Waals surface area contributed by atoms with Crippen molar-refractivity contribution in [2.45, 2.75) is 64.5 Å². The number of nitro groups is 1. The number of unbranched alkanes of at least 4 members (excludes halogenated alkanes) is 3. The number of nitrogens with one attached hydrogen (secondary N) is 1. The fraction of sp³-hybridized carbons (Fsp3) is 0.382. The minimum atomic E-state index is -0.884. The van der Waals surface area contributed by atoms with Crippen LogP contribution in [0, 0.1) is 10.1 Å². The van der Waals surface area contributed by atoms with Crippen LogP contribution in [0.15, 0.2) is 83.5 Å². The number of esters is 2. The van der Waals surface area contributed by atoms with E-state index in [0.717, 1.165) is 43.1 Å². The van der Waals surface area contributed by atoms with E-state index in [1.54, 1.807) is 26.1 Å². The number of allylic oxidation sites excluding steroid dienone is 2. The van der Waals surface area contributed by atoms with Crippen LogP contribution in [0.4, 0.5) is 5.69 Å². The lowest BCUT2D eigenvalue weighted by Crippen LogP contribution is -2.32. The van der Waals surface area contributed by atoms with Crippen molar-refractivity contribution in [1.82, 2.24) is 14.9 Å². The summed E-state index contributed by atoms with van der Waals surface area (Å²) in [5.41, 5.74) is 1.71. The molecule has 12 heteroatoms. The van der Waals surface area contributed by atoms with Crippen LogP contribution < -0.4 is 14.8 Å². The zero-order chi connectivity index (χ0) is 32.6. The molecule has 0 fully saturated rings. The Morgan fingerprint density at radius 2 is 1.76 bits per heavy atom. The zero-order valence-corrected chi connectivity index (χ0v) is 26.2. The number of nitro benzene ring substituents is 1. The minimum absolute atomic E-state index is 0.108. The van der Waals surface area contributed by atoms with Gasteiger partial charge >= 0.3 is 11.9 Å². The Labute approximate surface area is 267 Å². The van der Waals surface area contributed by atoms with Crippen LogP contribution in [0.2, 0.25) is 0 Å². The molecule has 5 rings (SSSR count). The number of methoxy groups -OCH3 is 1. The second-order valence-corrected chi connectivity index (χ2v) is 11.3. The van der Waals surface area contributed by atoms with Crippen LogP contribution in [-0.2, 0) is 32.0 Å². The Morgan fingerprint density at radius 1 is 1.02 bits per heavy atom. The van der Waals surface area contributed by atoms with E-state index < -0.39 is 22.8 Å². The highest BCUT2D eigenvalue weighted by Crippen LogP contribution is 2.40. The average Bonchev–Trinajstić information content (AvgIpc) is 3.49. The van der Waals surface area contributed by atoms with Gasteiger partial charge in [-0.1, -0.05) is 30.7 Å². The van der Waals surface area contributed by atoms with Crippen molar-refractivity contribution in [3.8, 4) is 11.5 Å². The maximum absolute atomic E-state index is 13.4. The van der Waals surface area contributed by atoms with Crippen molar-refractivity contribution in [1.29, 1.82) is 0 Å².